The molecular formula is C20H25NO. The summed E-state index contributed by atoms with van der Waals surface area (Å²) < 4.78 is 6.01. The van der Waals surface area contributed by atoms with E-state index in [9.17, 15) is 0 Å². The van der Waals surface area contributed by atoms with Gasteiger partial charge in [0.1, 0.15) is 5.75 Å². The average molecular weight is 295 g/mol. The molecule has 116 valence electrons. The first-order chi connectivity index (χ1) is 10.4. The number of rotatable bonds is 2. The van der Waals surface area contributed by atoms with E-state index >= 15 is 0 Å². The molecule has 1 unspecified atom stereocenters. The maximum atomic E-state index is 6.21. The highest BCUT2D eigenvalue weighted by atomic mass is 16.5. The second-order valence-corrected chi connectivity index (χ2v) is 6.72. The van der Waals surface area contributed by atoms with E-state index in [4.69, 9.17) is 10.5 Å². The second-order valence-electron chi connectivity index (χ2n) is 6.72. The highest BCUT2D eigenvalue weighted by molar-refractivity contribution is 5.68. The highest BCUT2D eigenvalue weighted by Crippen LogP contribution is 2.46. The van der Waals surface area contributed by atoms with Gasteiger partial charge >= 0.3 is 0 Å². The van der Waals surface area contributed by atoms with Gasteiger partial charge in [0.05, 0.1) is 6.61 Å². The Kier molecular flexibility index (Phi) is 3.64. The summed E-state index contributed by atoms with van der Waals surface area (Å²) in [6, 6.07) is 8.98. The molecule has 0 saturated carbocycles. The van der Waals surface area contributed by atoms with E-state index in [2.05, 4.69) is 58.9 Å². The van der Waals surface area contributed by atoms with E-state index in [1.807, 2.05) is 0 Å². The van der Waals surface area contributed by atoms with Crippen LogP contribution in [0.2, 0.25) is 0 Å². The van der Waals surface area contributed by atoms with Gasteiger partial charge in [-0.25, -0.2) is 0 Å². The van der Waals surface area contributed by atoms with Gasteiger partial charge in [-0.05, 0) is 48.9 Å². The van der Waals surface area contributed by atoms with Crippen molar-refractivity contribution in [2.45, 2.75) is 46.5 Å². The molecule has 22 heavy (non-hydrogen) atoms. The van der Waals surface area contributed by atoms with Crippen LogP contribution in [-0.2, 0) is 0 Å². The van der Waals surface area contributed by atoms with Crippen LogP contribution in [0.25, 0.3) is 0 Å². The Morgan fingerprint density at radius 2 is 1.64 bits per heavy atom. The van der Waals surface area contributed by atoms with Gasteiger partial charge in [0.25, 0.3) is 0 Å². The lowest BCUT2D eigenvalue weighted by atomic mass is 9.85. The predicted octanol–water partition coefficient (Wildman–Crippen LogP) is 4.84. The SMILES string of the molecule is Cc1c(C)c2c(c(C)c1N)OCC2c1ccc(C(C)C)cc1. The van der Waals surface area contributed by atoms with Crippen LogP contribution in [0.5, 0.6) is 5.75 Å². The zero-order valence-corrected chi connectivity index (χ0v) is 14.2. The molecule has 2 nitrogen and oxygen atoms in total. The van der Waals surface area contributed by atoms with Crippen LogP contribution in [0.15, 0.2) is 24.3 Å². The van der Waals surface area contributed by atoms with Crippen molar-refractivity contribution in [1.29, 1.82) is 0 Å². The Hall–Kier alpha value is -1.96. The fourth-order valence-corrected chi connectivity index (χ4v) is 3.41. The van der Waals surface area contributed by atoms with Gasteiger partial charge in [0, 0.05) is 22.7 Å². The molecule has 0 fully saturated rings. The van der Waals surface area contributed by atoms with Gasteiger partial charge in [0.15, 0.2) is 0 Å². The zero-order valence-electron chi connectivity index (χ0n) is 14.2. The van der Waals surface area contributed by atoms with Crippen LogP contribution >= 0.6 is 0 Å². The van der Waals surface area contributed by atoms with Gasteiger partial charge in [-0.15, -0.1) is 0 Å². The summed E-state index contributed by atoms with van der Waals surface area (Å²) in [6.07, 6.45) is 0. The smallest absolute Gasteiger partial charge is 0.128 e. The minimum absolute atomic E-state index is 0.314. The van der Waals surface area contributed by atoms with Crippen molar-refractivity contribution in [2.24, 2.45) is 0 Å². The molecule has 1 aliphatic heterocycles. The number of hydrogen-bond donors (Lipinski definition) is 1. The van der Waals surface area contributed by atoms with Crippen LogP contribution in [0.4, 0.5) is 5.69 Å². The number of ether oxygens (including phenoxy) is 1. The molecule has 1 atom stereocenters. The average Bonchev–Trinajstić information content (AvgIpc) is 2.96. The van der Waals surface area contributed by atoms with E-state index in [-0.39, 0.29) is 0 Å². The number of nitrogens with two attached hydrogens (primary N) is 1. The van der Waals surface area contributed by atoms with Crippen LogP contribution in [0.3, 0.4) is 0 Å². The summed E-state index contributed by atoms with van der Waals surface area (Å²) in [5.74, 6) is 1.87. The van der Waals surface area contributed by atoms with Crippen molar-refractivity contribution in [3.05, 3.63) is 57.6 Å². The van der Waals surface area contributed by atoms with Crippen molar-refractivity contribution in [3.8, 4) is 5.75 Å². The summed E-state index contributed by atoms with van der Waals surface area (Å²) in [5.41, 5.74) is 14.6. The standard InChI is InChI=1S/C20H25NO/c1-11(2)15-6-8-16(9-7-15)17-10-22-20-14(5)19(21)13(4)12(3)18(17)20/h6-9,11,17H,10,21H2,1-5H3. The summed E-state index contributed by atoms with van der Waals surface area (Å²) in [5, 5.41) is 0. The third-order valence-corrected chi connectivity index (χ3v) is 5.11. The maximum Gasteiger partial charge on any atom is 0.128 e. The topological polar surface area (TPSA) is 35.2 Å². The van der Waals surface area contributed by atoms with E-state index in [1.54, 1.807) is 0 Å². The van der Waals surface area contributed by atoms with Gasteiger partial charge in [-0.1, -0.05) is 38.1 Å². The predicted molar refractivity (Wildman–Crippen MR) is 92.9 cm³/mol. The molecule has 1 aliphatic rings. The van der Waals surface area contributed by atoms with Gasteiger partial charge in [0.2, 0.25) is 0 Å². The van der Waals surface area contributed by atoms with Crippen LogP contribution in [0, 0.1) is 20.8 Å². The Morgan fingerprint density at radius 3 is 2.23 bits per heavy atom. The Balaban J connectivity index is 2.08. The summed E-state index contributed by atoms with van der Waals surface area (Å²) >= 11 is 0. The van der Waals surface area contributed by atoms with Crippen molar-refractivity contribution in [1.82, 2.24) is 0 Å². The van der Waals surface area contributed by atoms with Gasteiger partial charge in [-0.3, -0.25) is 0 Å². The molecule has 0 radical (unpaired) electrons. The molecule has 0 aromatic heterocycles. The maximum absolute atomic E-state index is 6.21. The van der Waals surface area contributed by atoms with Gasteiger partial charge in [-0.2, -0.15) is 0 Å². The number of anilines is 1. The highest BCUT2D eigenvalue weighted by Gasteiger charge is 2.31. The van der Waals surface area contributed by atoms with Crippen molar-refractivity contribution in [2.75, 3.05) is 12.3 Å². The first kappa shape index (κ1) is 15.0. The molecule has 2 aromatic rings. The number of fused-ring (bicyclic) bond motifs is 1. The molecule has 2 N–H and O–H groups in total. The second kappa shape index (κ2) is 5.35. The monoisotopic (exact) mass is 295 g/mol. The number of hydrogen-bond acceptors (Lipinski definition) is 2. The molecule has 3 rings (SSSR count). The third-order valence-electron chi connectivity index (χ3n) is 5.11. The Bertz CT molecular complexity index is 714. The molecule has 0 spiro atoms. The first-order valence-corrected chi connectivity index (χ1v) is 8.03. The minimum Gasteiger partial charge on any atom is -0.492 e. The fraction of sp³-hybridized carbons (Fsp3) is 0.400. The van der Waals surface area contributed by atoms with Crippen molar-refractivity contribution < 1.29 is 4.74 Å². The Morgan fingerprint density at radius 1 is 1.00 bits per heavy atom. The fourth-order valence-electron chi connectivity index (χ4n) is 3.41. The summed E-state index contributed by atoms with van der Waals surface area (Å²) in [7, 11) is 0. The molecule has 0 amide bonds. The van der Waals surface area contributed by atoms with Crippen molar-refractivity contribution in [3.63, 3.8) is 0 Å². The third kappa shape index (κ3) is 2.18. The lowest BCUT2D eigenvalue weighted by molar-refractivity contribution is 0.341. The van der Waals surface area contributed by atoms with E-state index in [1.165, 1.54) is 27.8 Å². The van der Waals surface area contributed by atoms with Crippen LogP contribution < -0.4 is 10.5 Å². The largest absolute Gasteiger partial charge is 0.492 e. The molecule has 0 aliphatic carbocycles. The van der Waals surface area contributed by atoms with Crippen LogP contribution in [-0.4, -0.2) is 6.61 Å². The van der Waals surface area contributed by atoms with Crippen LogP contribution in [0.1, 0.15) is 59.1 Å². The molecule has 0 bridgehead atoms. The molecule has 0 saturated heterocycles. The number of nitrogen functional groups attached to an aromatic ring is 1. The lowest BCUT2D eigenvalue weighted by Crippen LogP contribution is -2.05. The molecule has 1 heterocycles. The van der Waals surface area contributed by atoms with Gasteiger partial charge < -0.3 is 10.5 Å². The van der Waals surface area contributed by atoms with E-state index in [0.29, 0.717) is 18.4 Å². The summed E-state index contributed by atoms with van der Waals surface area (Å²) in [6.45, 7) is 11.5. The quantitative estimate of drug-likeness (QED) is 0.804. The zero-order chi connectivity index (χ0) is 16.0. The molecule has 2 heteroatoms. The van der Waals surface area contributed by atoms with E-state index in [0.717, 1.165) is 17.0 Å². The number of benzene rings is 2. The molecule has 2 aromatic carbocycles. The first-order valence-electron chi connectivity index (χ1n) is 8.03. The molecular weight excluding hydrogens is 270 g/mol. The van der Waals surface area contributed by atoms with Crippen molar-refractivity contribution >= 4 is 5.69 Å². The lowest BCUT2D eigenvalue weighted by Gasteiger charge is -2.17. The minimum atomic E-state index is 0.314. The Labute approximate surface area is 133 Å². The normalized spacial score (nSPS) is 16.7. The van der Waals surface area contributed by atoms with E-state index < -0.39 is 0 Å². The summed E-state index contributed by atoms with van der Waals surface area (Å²) in [4.78, 5) is 0.